The maximum Gasteiger partial charge on any atom is 0.497 e. The number of aromatic nitrogens is 16. The Morgan fingerprint density at radius 1 is 0.427 bits per heavy atom. The first kappa shape index (κ1) is 94.1. The number of halogens is 7. The first-order valence-corrected chi connectivity index (χ1v) is 37.1. The first-order valence-electron chi connectivity index (χ1n) is 30.9. The molecule has 0 unspecified atom stereocenters. The highest BCUT2D eigenvalue weighted by molar-refractivity contribution is 6.88. The van der Waals surface area contributed by atoms with Crippen molar-refractivity contribution in [1.29, 1.82) is 0 Å². The number of nitrogens with two attached hydrogens (primary N) is 2. The van der Waals surface area contributed by atoms with E-state index in [1.165, 1.54) is 45.9 Å². The molecule has 13 rings (SSSR count). The van der Waals surface area contributed by atoms with E-state index in [0.29, 0.717) is 110 Å². The van der Waals surface area contributed by atoms with Crippen molar-refractivity contribution >= 4 is 124 Å². The summed E-state index contributed by atoms with van der Waals surface area (Å²) in [6.45, 7) is 14.7. The number of ether oxygens (including phenoxy) is 5. The number of nitrogens with zero attached hydrogens (tertiary/aromatic N) is 19. The van der Waals surface area contributed by atoms with Crippen LogP contribution in [-0.2, 0) is 9.31 Å². The zero-order valence-electron chi connectivity index (χ0n) is 58.3. The van der Waals surface area contributed by atoms with Crippen molar-refractivity contribution in [3.8, 4) is 85.8 Å². The zero-order chi connectivity index (χ0) is 76.2. The van der Waals surface area contributed by atoms with E-state index in [1.54, 1.807) is 134 Å². The lowest BCUT2D eigenvalue weighted by atomic mass is 9.78. The Bertz CT molecular complexity index is 4990. The second-order valence-electron chi connectivity index (χ2n) is 23.7. The standard InChI is InChI=1S/C16H18ClN5OSi.C13H9Cl2N5O.C12H17BClNO2.C11H8ClN5O.C11H10ClN3O.C5H5ClN2O.5CH4/c1-23-15-8-13(18-10-19-15)12-7-11(17)5-6-14(12)22-9-16(20-21-22)24(2,3)4;1-21-13-5-10(16-7-17-13)9-4-8(14)2-3-11(9)20-6-12(15)18-19-20;1-11(2)12(3,4)17-13(16-11)9-7-8(14)5-6-10(9)15;1-18-11-5-10(14-6-15-11)8-4-7(12)2-3-9(8)16-17-13;1-16-11-5-10(14-6-15-11)8-4-7(12)2-3-9(8)13;1-9-5-2-4(6)7-3-8-5;;;;;/h5-10H,1-4H3;2-7H,1H3;5-7H,15H2,1-4H3;2-6H,1H3;2-6H,13H2,1H3;2-3H,1H3;5*1H4. The lowest BCUT2D eigenvalue weighted by Crippen LogP contribution is -2.41. The summed E-state index contributed by atoms with van der Waals surface area (Å²) in [5.74, 6) is 2.35. The first-order chi connectivity index (χ1) is 50.0. The van der Waals surface area contributed by atoms with Gasteiger partial charge in [-0.05, 0) is 118 Å². The van der Waals surface area contributed by atoms with Gasteiger partial charge in [0.15, 0.2) is 5.15 Å². The molecule has 1 aliphatic rings. The molecule has 4 N–H and O–H groups in total. The number of benzene rings is 5. The van der Waals surface area contributed by atoms with Gasteiger partial charge in [-0.1, -0.05) is 160 Å². The van der Waals surface area contributed by atoms with Gasteiger partial charge in [0.25, 0.3) is 0 Å². The van der Waals surface area contributed by atoms with Gasteiger partial charge in [0.1, 0.15) is 44.9 Å². The van der Waals surface area contributed by atoms with Crippen molar-refractivity contribution in [2.24, 2.45) is 5.11 Å². The summed E-state index contributed by atoms with van der Waals surface area (Å²) in [7, 11) is 5.71. The van der Waals surface area contributed by atoms with Crippen LogP contribution in [0.25, 0.3) is 66.8 Å². The fourth-order valence-electron chi connectivity index (χ4n) is 9.05. The molecule has 12 aromatic rings. The Hall–Kier alpha value is -10.1. The molecule has 0 radical (unpaired) electrons. The van der Waals surface area contributed by atoms with Crippen molar-refractivity contribution < 1.29 is 33.0 Å². The number of methoxy groups -OCH3 is 5. The molecule has 582 valence electrons. The van der Waals surface area contributed by atoms with Gasteiger partial charge in [-0.3, -0.25) is 0 Å². The van der Waals surface area contributed by atoms with Gasteiger partial charge in [0.2, 0.25) is 29.4 Å². The van der Waals surface area contributed by atoms with Gasteiger partial charge in [0.05, 0.1) is 92.4 Å². The smallest absolute Gasteiger partial charge is 0.481 e. The van der Waals surface area contributed by atoms with E-state index in [0.717, 1.165) is 38.8 Å². The number of rotatable bonds is 14. The summed E-state index contributed by atoms with van der Waals surface area (Å²) in [5, 5.41) is 24.7. The van der Waals surface area contributed by atoms with Crippen LogP contribution in [0, 0.1) is 0 Å². The summed E-state index contributed by atoms with van der Waals surface area (Å²) in [6, 6.07) is 34.8. The molecule has 0 aliphatic carbocycles. The number of azide groups is 1. The Labute approximate surface area is 677 Å². The van der Waals surface area contributed by atoms with Gasteiger partial charge in [-0.25, -0.2) is 59.2 Å². The van der Waals surface area contributed by atoms with Crippen LogP contribution in [0.15, 0.2) is 170 Å². The fraction of sp³-hybridized carbons (Fsp3) is 0.260. The average molecular weight is 1660 g/mol. The summed E-state index contributed by atoms with van der Waals surface area (Å²) in [6.07, 6.45) is 10.6. The molecule has 1 aliphatic heterocycles. The quantitative estimate of drug-likeness (QED) is 0.0255. The average Bonchev–Trinajstić information content (AvgIpc) is 1.61. The van der Waals surface area contributed by atoms with Crippen LogP contribution < -0.4 is 45.9 Å². The summed E-state index contributed by atoms with van der Waals surface area (Å²) in [5.41, 5.74) is 29.3. The van der Waals surface area contributed by atoms with Crippen molar-refractivity contribution in [3.63, 3.8) is 0 Å². The Morgan fingerprint density at radius 3 is 1.17 bits per heavy atom. The predicted molar refractivity (Wildman–Crippen MR) is 446 cm³/mol. The van der Waals surface area contributed by atoms with E-state index in [-0.39, 0.29) is 48.3 Å². The normalized spacial score (nSPS) is 11.7. The molecule has 7 aromatic heterocycles. The van der Waals surface area contributed by atoms with Gasteiger partial charge >= 0.3 is 7.12 Å². The van der Waals surface area contributed by atoms with Gasteiger partial charge < -0.3 is 44.5 Å². The minimum absolute atomic E-state index is 0. The van der Waals surface area contributed by atoms with Crippen molar-refractivity contribution in [2.45, 2.75) is 95.7 Å². The number of nitrogen functional groups attached to an aromatic ring is 2. The van der Waals surface area contributed by atoms with Gasteiger partial charge in [0, 0.05) is 111 Å². The monoisotopic (exact) mass is 1650 g/mol. The maximum atomic E-state index is 8.53. The topological polar surface area (TPSA) is 356 Å². The summed E-state index contributed by atoms with van der Waals surface area (Å²) >= 11 is 41.4. The lowest BCUT2D eigenvalue weighted by Gasteiger charge is -2.32. The highest BCUT2D eigenvalue weighted by atomic mass is 35.5. The van der Waals surface area contributed by atoms with E-state index in [9.17, 15) is 0 Å². The molecular weight excluding hydrogens is 1570 g/mol. The molecular formula is C73H87BCl7N21O7Si. The van der Waals surface area contributed by atoms with E-state index in [1.807, 2.05) is 58.2 Å². The molecule has 28 nitrogen and oxygen atoms in total. The molecule has 0 saturated carbocycles. The maximum absolute atomic E-state index is 8.53. The Kier molecular flexibility index (Phi) is 37.1. The number of anilines is 2. The predicted octanol–water partition coefficient (Wildman–Crippen LogP) is 18.6. The Morgan fingerprint density at radius 2 is 0.782 bits per heavy atom. The highest BCUT2D eigenvalue weighted by Gasteiger charge is 2.52. The minimum atomic E-state index is -1.53. The van der Waals surface area contributed by atoms with E-state index < -0.39 is 15.2 Å². The summed E-state index contributed by atoms with van der Waals surface area (Å²) < 4.78 is 40.3. The lowest BCUT2D eigenvalue weighted by molar-refractivity contribution is 0.00578. The SMILES string of the molecule is C.C.C.C.C.CC1(C)OB(c2cc(Cl)ccc2N)OC1(C)C.COc1cc(-c2cc(Cl)ccc2-n2cc(Cl)nn2)ncn1.COc1cc(-c2cc(Cl)ccc2-n2cc([Si](C)(C)C)nn2)ncn1.COc1cc(-c2cc(Cl)ccc2N)ncn1.COc1cc(-c2cc(Cl)ccc2N=[N+]=[N-])ncn1.COc1cc(Cl)ncn1. The van der Waals surface area contributed by atoms with Crippen molar-refractivity contribution in [1.82, 2.24) is 79.8 Å². The highest BCUT2D eigenvalue weighted by Crippen LogP contribution is 2.38. The van der Waals surface area contributed by atoms with Gasteiger partial charge in [-0.2, -0.15) is 0 Å². The Balaban J connectivity index is 0.000000345. The molecule has 0 atom stereocenters. The van der Waals surface area contributed by atoms with Crippen molar-refractivity contribution in [3.05, 3.63) is 211 Å². The van der Waals surface area contributed by atoms with Crippen LogP contribution in [-0.4, -0.2) is 142 Å². The molecule has 8 heterocycles. The van der Waals surface area contributed by atoms with Crippen LogP contribution >= 0.6 is 81.2 Å². The second-order valence-corrected chi connectivity index (χ2v) is 31.7. The van der Waals surface area contributed by atoms with Gasteiger partial charge in [-0.15, -0.1) is 10.2 Å². The third kappa shape index (κ3) is 25.8. The van der Waals surface area contributed by atoms with Crippen LogP contribution in [0.4, 0.5) is 17.1 Å². The molecule has 37 heteroatoms. The van der Waals surface area contributed by atoms with Crippen LogP contribution in [0.3, 0.4) is 0 Å². The number of hydrogen-bond acceptors (Lipinski definition) is 24. The van der Waals surface area contributed by atoms with Crippen molar-refractivity contribution in [2.75, 3.05) is 47.0 Å². The molecule has 1 saturated heterocycles. The molecule has 5 aromatic carbocycles. The van der Waals surface area contributed by atoms with Crippen LogP contribution in [0.1, 0.15) is 64.8 Å². The van der Waals surface area contributed by atoms with E-state index in [2.05, 4.69) is 100 Å². The molecule has 1 fully saturated rings. The molecule has 0 spiro atoms. The van der Waals surface area contributed by atoms with E-state index in [4.69, 9.17) is 131 Å². The fourth-order valence-corrected chi connectivity index (χ4v) is 11.0. The molecule has 0 bridgehead atoms. The summed E-state index contributed by atoms with van der Waals surface area (Å²) in [4.78, 5) is 42.9. The third-order valence-corrected chi connectivity index (χ3v) is 18.5. The molecule has 110 heavy (non-hydrogen) atoms. The second kappa shape index (κ2) is 43.3. The van der Waals surface area contributed by atoms with E-state index >= 15 is 0 Å². The zero-order valence-corrected chi connectivity index (χ0v) is 64.6. The third-order valence-electron chi connectivity index (χ3n) is 15.1. The molecule has 0 amide bonds. The van der Waals surface area contributed by atoms with Crippen LogP contribution in [0.5, 0.6) is 29.4 Å². The van der Waals surface area contributed by atoms with Crippen LogP contribution in [0.2, 0.25) is 55.1 Å². The minimum Gasteiger partial charge on any atom is -0.481 e. The number of hydrogen-bond donors (Lipinski definition) is 2. The largest absolute Gasteiger partial charge is 0.497 e.